The zero-order valence-corrected chi connectivity index (χ0v) is 6.76. The van der Waals surface area contributed by atoms with Crippen molar-refractivity contribution in [3.05, 3.63) is 0 Å². The van der Waals surface area contributed by atoms with E-state index in [1.165, 1.54) is 0 Å². The molecule has 0 aliphatic rings. The standard InChI is InChI=1S/C7H13NO3/c1-7(2,6(10)11)3-4-8-5-9/h5H,3-4H2,1-2H3,(H,8,9)(H,10,11). The van der Waals surface area contributed by atoms with Crippen LogP contribution >= 0.6 is 0 Å². The van der Waals surface area contributed by atoms with Crippen LogP contribution in [0.15, 0.2) is 0 Å². The molecule has 64 valence electrons. The highest BCUT2D eigenvalue weighted by Crippen LogP contribution is 2.18. The Hall–Kier alpha value is -1.06. The second-order valence-electron chi connectivity index (χ2n) is 3.01. The van der Waals surface area contributed by atoms with Crippen LogP contribution in [0.4, 0.5) is 0 Å². The van der Waals surface area contributed by atoms with Gasteiger partial charge in [0.05, 0.1) is 5.41 Å². The Morgan fingerprint density at radius 1 is 1.64 bits per heavy atom. The number of carbonyl (C=O) groups is 2. The van der Waals surface area contributed by atoms with E-state index in [-0.39, 0.29) is 0 Å². The zero-order chi connectivity index (χ0) is 8.91. The maximum absolute atomic E-state index is 10.5. The minimum absolute atomic E-state index is 0.406. The van der Waals surface area contributed by atoms with Crippen LogP contribution in [0.5, 0.6) is 0 Å². The van der Waals surface area contributed by atoms with Crippen LogP contribution < -0.4 is 5.32 Å². The molecule has 0 aliphatic heterocycles. The Bertz CT molecular complexity index is 154. The molecule has 0 atom stereocenters. The lowest BCUT2D eigenvalue weighted by Gasteiger charge is -2.17. The van der Waals surface area contributed by atoms with Gasteiger partial charge in [-0.25, -0.2) is 0 Å². The number of aliphatic carboxylic acids is 1. The Kier molecular flexibility index (Phi) is 3.57. The third-order valence-electron chi connectivity index (χ3n) is 1.56. The maximum Gasteiger partial charge on any atom is 0.309 e. The van der Waals surface area contributed by atoms with Crippen molar-refractivity contribution in [2.45, 2.75) is 20.3 Å². The lowest BCUT2D eigenvalue weighted by atomic mass is 9.90. The summed E-state index contributed by atoms with van der Waals surface area (Å²) in [5, 5.41) is 11.0. The molecule has 0 aromatic carbocycles. The molecule has 0 bridgehead atoms. The first kappa shape index (κ1) is 9.94. The van der Waals surface area contributed by atoms with Crippen molar-refractivity contribution in [3.63, 3.8) is 0 Å². The van der Waals surface area contributed by atoms with Crippen LogP contribution in [0.1, 0.15) is 20.3 Å². The van der Waals surface area contributed by atoms with Gasteiger partial charge in [-0.1, -0.05) is 0 Å². The summed E-state index contributed by atoms with van der Waals surface area (Å²) in [6.07, 6.45) is 1.01. The molecule has 2 N–H and O–H groups in total. The molecule has 0 radical (unpaired) electrons. The molecule has 0 rings (SSSR count). The zero-order valence-electron chi connectivity index (χ0n) is 6.76. The molecule has 0 aromatic rings. The van der Waals surface area contributed by atoms with Crippen molar-refractivity contribution in [2.24, 2.45) is 5.41 Å². The van der Waals surface area contributed by atoms with E-state index < -0.39 is 11.4 Å². The number of nitrogens with one attached hydrogen (secondary N) is 1. The van der Waals surface area contributed by atoms with Gasteiger partial charge in [0.25, 0.3) is 0 Å². The highest BCUT2D eigenvalue weighted by Gasteiger charge is 2.25. The summed E-state index contributed by atoms with van der Waals surface area (Å²) in [6, 6.07) is 0. The number of carbonyl (C=O) groups excluding carboxylic acids is 1. The number of rotatable bonds is 5. The smallest absolute Gasteiger partial charge is 0.309 e. The van der Waals surface area contributed by atoms with E-state index in [0.717, 1.165) is 0 Å². The SMILES string of the molecule is CC(C)(CCNC=O)C(=O)O. The summed E-state index contributed by atoms with van der Waals surface area (Å²) < 4.78 is 0. The summed E-state index contributed by atoms with van der Waals surface area (Å²) in [5.74, 6) is -0.842. The lowest BCUT2D eigenvalue weighted by Crippen LogP contribution is -2.28. The van der Waals surface area contributed by atoms with Gasteiger partial charge in [-0.2, -0.15) is 0 Å². The summed E-state index contributed by atoms with van der Waals surface area (Å²) in [5.41, 5.74) is -0.754. The van der Waals surface area contributed by atoms with Crippen LogP contribution in [0.2, 0.25) is 0 Å². The van der Waals surface area contributed by atoms with Crippen LogP contribution in [-0.2, 0) is 9.59 Å². The average molecular weight is 159 g/mol. The average Bonchev–Trinajstić information content (AvgIpc) is 1.88. The normalized spacial score (nSPS) is 10.7. The summed E-state index contributed by atoms with van der Waals surface area (Å²) in [7, 11) is 0. The lowest BCUT2D eigenvalue weighted by molar-refractivity contribution is -0.147. The van der Waals surface area contributed by atoms with E-state index in [4.69, 9.17) is 5.11 Å². The van der Waals surface area contributed by atoms with Gasteiger partial charge in [0.15, 0.2) is 0 Å². The molecule has 0 unspecified atom stereocenters. The van der Waals surface area contributed by atoms with E-state index in [0.29, 0.717) is 19.4 Å². The molecule has 0 fully saturated rings. The first-order valence-electron chi connectivity index (χ1n) is 3.41. The Morgan fingerprint density at radius 2 is 2.18 bits per heavy atom. The fourth-order valence-electron chi connectivity index (χ4n) is 0.551. The van der Waals surface area contributed by atoms with Gasteiger partial charge in [-0.15, -0.1) is 0 Å². The predicted molar refractivity (Wildman–Crippen MR) is 40.1 cm³/mol. The molecule has 0 heterocycles. The monoisotopic (exact) mass is 159 g/mol. The minimum atomic E-state index is -0.842. The molecule has 11 heavy (non-hydrogen) atoms. The number of carboxylic acid groups (broad SMARTS) is 1. The first-order valence-corrected chi connectivity index (χ1v) is 3.41. The van der Waals surface area contributed by atoms with E-state index in [2.05, 4.69) is 5.32 Å². The van der Waals surface area contributed by atoms with E-state index in [1.54, 1.807) is 13.8 Å². The Balaban J connectivity index is 3.72. The Labute approximate surface area is 65.6 Å². The second-order valence-corrected chi connectivity index (χ2v) is 3.01. The molecule has 0 aliphatic carbocycles. The van der Waals surface area contributed by atoms with Crippen molar-refractivity contribution in [1.29, 1.82) is 0 Å². The van der Waals surface area contributed by atoms with Gasteiger partial charge in [0.1, 0.15) is 0 Å². The van der Waals surface area contributed by atoms with Gasteiger partial charge >= 0.3 is 5.97 Å². The molecule has 0 aromatic heterocycles. The van der Waals surface area contributed by atoms with Crippen LogP contribution in [0.3, 0.4) is 0 Å². The fraction of sp³-hybridized carbons (Fsp3) is 0.714. The second kappa shape index (κ2) is 3.95. The van der Waals surface area contributed by atoms with Crippen molar-refractivity contribution in [3.8, 4) is 0 Å². The van der Waals surface area contributed by atoms with E-state index in [9.17, 15) is 9.59 Å². The molecule has 4 heteroatoms. The van der Waals surface area contributed by atoms with Gasteiger partial charge in [0.2, 0.25) is 6.41 Å². The molecular formula is C7H13NO3. The van der Waals surface area contributed by atoms with Crippen molar-refractivity contribution in [2.75, 3.05) is 6.54 Å². The number of carboxylic acids is 1. The number of amides is 1. The van der Waals surface area contributed by atoms with E-state index >= 15 is 0 Å². The minimum Gasteiger partial charge on any atom is -0.481 e. The fourth-order valence-corrected chi connectivity index (χ4v) is 0.551. The molecule has 1 amide bonds. The summed E-state index contributed by atoms with van der Waals surface area (Å²) in [4.78, 5) is 20.3. The van der Waals surface area contributed by atoms with Crippen molar-refractivity contribution < 1.29 is 14.7 Å². The number of hydrogen-bond acceptors (Lipinski definition) is 2. The quantitative estimate of drug-likeness (QED) is 0.446. The molecule has 0 saturated heterocycles. The van der Waals surface area contributed by atoms with Gasteiger partial charge < -0.3 is 10.4 Å². The summed E-state index contributed by atoms with van der Waals surface area (Å²) >= 11 is 0. The summed E-state index contributed by atoms with van der Waals surface area (Å²) in [6.45, 7) is 3.66. The van der Waals surface area contributed by atoms with E-state index in [1.807, 2.05) is 0 Å². The first-order chi connectivity index (χ1) is 5.00. The highest BCUT2D eigenvalue weighted by atomic mass is 16.4. The van der Waals surface area contributed by atoms with Gasteiger partial charge in [0, 0.05) is 6.54 Å². The molecule has 0 spiro atoms. The molecule has 4 nitrogen and oxygen atoms in total. The third kappa shape index (κ3) is 3.60. The third-order valence-corrected chi connectivity index (χ3v) is 1.56. The largest absolute Gasteiger partial charge is 0.481 e. The van der Waals surface area contributed by atoms with Crippen LogP contribution in [-0.4, -0.2) is 24.0 Å². The van der Waals surface area contributed by atoms with Crippen LogP contribution in [0.25, 0.3) is 0 Å². The van der Waals surface area contributed by atoms with Gasteiger partial charge in [-0.05, 0) is 20.3 Å². The molecular weight excluding hydrogens is 146 g/mol. The highest BCUT2D eigenvalue weighted by molar-refractivity contribution is 5.73. The van der Waals surface area contributed by atoms with Crippen molar-refractivity contribution in [1.82, 2.24) is 5.32 Å². The Morgan fingerprint density at radius 3 is 2.55 bits per heavy atom. The van der Waals surface area contributed by atoms with Crippen LogP contribution in [0, 0.1) is 5.41 Å². The van der Waals surface area contributed by atoms with Crippen molar-refractivity contribution >= 4 is 12.4 Å². The number of hydrogen-bond donors (Lipinski definition) is 2. The maximum atomic E-state index is 10.5. The predicted octanol–water partition coefficient (Wildman–Crippen LogP) is 0.233. The topological polar surface area (TPSA) is 66.4 Å². The van der Waals surface area contributed by atoms with Gasteiger partial charge in [-0.3, -0.25) is 9.59 Å². The molecule has 0 saturated carbocycles.